The first-order valence-electron chi connectivity index (χ1n) is 10.5. The van der Waals surface area contributed by atoms with E-state index in [-0.39, 0.29) is 17.7 Å². The van der Waals surface area contributed by atoms with Crippen LogP contribution < -0.4 is 5.32 Å². The number of halogens is 2. The summed E-state index contributed by atoms with van der Waals surface area (Å²) in [7, 11) is 0. The first kappa shape index (κ1) is 21.6. The molecule has 0 aliphatic heterocycles. The molecule has 1 aliphatic rings. The summed E-state index contributed by atoms with van der Waals surface area (Å²) < 4.78 is 17.5. The average Bonchev–Trinajstić information content (AvgIpc) is 3.33. The molecule has 0 radical (unpaired) electrons. The van der Waals surface area contributed by atoms with E-state index in [0.29, 0.717) is 29.5 Å². The summed E-state index contributed by atoms with van der Waals surface area (Å²) in [6.07, 6.45) is 5.28. The van der Waals surface area contributed by atoms with Gasteiger partial charge >= 0.3 is 0 Å². The van der Waals surface area contributed by atoms with Crippen LogP contribution in [0.1, 0.15) is 48.3 Å². The lowest BCUT2D eigenvalue weighted by molar-refractivity contribution is 0.103. The van der Waals surface area contributed by atoms with Crippen molar-refractivity contribution in [2.24, 2.45) is 11.8 Å². The molecule has 2 aromatic heterocycles. The van der Waals surface area contributed by atoms with Gasteiger partial charge in [0.2, 0.25) is 5.78 Å². The predicted octanol–water partition coefficient (Wildman–Crippen LogP) is 4.90. The van der Waals surface area contributed by atoms with Gasteiger partial charge in [-0.2, -0.15) is 5.10 Å². The molecule has 1 N–H and O–H groups in total. The van der Waals surface area contributed by atoms with Gasteiger partial charge in [-0.25, -0.2) is 14.4 Å². The van der Waals surface area contributed by atoms with Crippen molar-refractivity contribution in [3.8, 4) is 0 Å². The number of nitrogens with one attached hydrogen (secondary N) is 1. The van der Waals surface area contributed by atoms with Crippen LogP contribution in [-0.2, 0) is 6.54 Å². The van der Waals surface area contributed by atoms with Crippen molar-refractivity contribution in [1.29, 1.82) is 0 Å². The summed E-state index contributed by atoms with van der Waals surface area (Å²) in [5.41, 5.74) is 1.67. The molecule has 4 rings (SSSR count). The maximum atomic E-state index is 14.8. The highest BCUT2D eigenvalue weighted by Crippen LogP contribution is 2.37. The van der Waals surface area contributed by atoms with E-state index in [0.717, 1.165) is 22.9 Å². The van der Waals surface area contributed by atoms with Crippen molar-refractivity contribution in [1.82, 2.24) is 19.7 Å². The van der Waals surface area contributed by atoms with Crippen molar-refractivity contribution in [2.75, 3.05) is 5.32 Å². The van der Waals surface area contributed by atoms with E-state index in [1.807, 2.05) is 31.2 Å². The van der Waals surface area contributed by atoms with Crippen molar-refractivity contribution in [3.63, 3.8) is 0 Å². The molecule has 0 saturated heterocycles. The predicted molar refractivity (Wildman–Crippen MR) is 121 cm³/mol. The number of carbonyl (C=O) groups is 1. The summed E-state index contributed by atoms with van der Waals surface area (Å²) in [4.78, 5) is 21.4. The highest BCUT2D eigenvalue weighted by atomic mass is 79.9. The molecule has 162 valence electrons. The Labute approximate surface area is 189 Å². The van der Waals surface area contributed by atoms with Crippen molar-refractivity contribution in [2.45, 2.75) is 45.4 Å². The van der Waals surface area contributed by atoms with Crippen molar-refractivity contribution < 1.29 is 9.18 Å². The van der Waals surface area contributed by atoms with Crippen LogP contribution in [0.3, 0.4) is 0 Å². The van der Waals surface area contributed by atoms with Crippen LogP contribution in [0, 0.1) is 11.8 Å². The monoisotopic (exact) mass is 485 g/mol. The first-order chi connectivity index (χ1) is 15.0. The summed E-state index contributed by atoms with van der Waals surface area (Å²) >= 11 is 3.46. The van der Waals surface area contributed by atoms with Gasteiger partial charge < -0.3 is 5.32 Å². The number of benzene rings is 1. The molecule has 1 fully saturated rings. The van der Waals surface area contributed by atoms with Crippen LogP contribution in [0.2, 0.25) is 0 Å². The Bertz CT molecular complexity index is 1070. The zero-order valence-electron chi connectivity index (χ0n) is 17.5. The number of carbonyl (C=O) groups excluding carboxylic acids is 1. The Morgan fingerprint density at radius 3 is 2.94 bits per heavy atom. The van der Waals surface area contributed by atoms with E-state index >= 15 is 0 Å². The quantitative estimate of drug-likeness (QED) is 0.481. The second-order valence-corrected chi connectivity index (χ2v) is 9.02. The minimum atomic E-state index is -0.979. The summed E-state index contributed by atoms with van der Waals surface area (Å²) in [6.45, 7) is 4.58. The summed E-state index contributed by atoms with van der Waals surface area (Å²) in [5, 5.41) is 7.60. The largest absolute Gasteiger partial charge is 0.364 e. The van der Waals surface area contributed by atoms with Crippen LogP contribution in [0.15, 0.2) is 53.5 Å². The molecule has 0 unspecified atom stereocenters. The third-order valence-electron chi connectivity index (χ3n) is 6.10. The molecule has 3 aromatic rings. The maximum Gasteiger partial charge on any atom is 0.218 e. The van der Waals surface area contributed by atoms with Gasteiger partial charge in [0.1, 0.15) is 24.0 Å². The minimum Gasteiger partial charge on any atom is -0.364 e. The van der Waals surface area contributed by atoms with Crippen LogP contribution in [0.4, 0.5) is 10.2 Å². The smallest absolute Gasteiger partial charge is 0.218 e. The molecule has 1 aromatic carbocycles. The number of aromatic nitrogens is 4. The highest BCUT2D eigenvalue weighted by Gasteiger charge is 2.40. The standard InChI is InChI=1S/C23H25BrFN5O/c1-3-16-10-20(21(25)14(16)2)28-23-18(11-26-13-27-23)22(31)19-7-8-30(29-19)12-15-5-4-6-17(24)9-15/h4-9,11,13-14,16,20-21H,3,10,12H2,1-2H3,(H,26,27,28)/t14-,16+,20-,21+/m1/s1. The van der Waals surface area contributed by atoms with Crippen LogP contribution >= 0.6 is 15.9 Å². The van der Waals surface area contributed by atoms with Gasteiger partial charge in [-0.1, -0.05) is 48.3 Å². The summed E-state index contributed by atoms with van der Waals surface area (Å²) in [6, 6.07) is 9.24. The van der Waals surface area contributed by atoms with Crippen LogP contribution in [0.25, 0.3) is 0 Å². The topological polar surface area (TPSA) is 72.7 Å². The van der Waals surface area contributed by atoms with Crippen molar-refractivity contribution in [3.05, 3.63) is 70.3 Å². The minimum absolute atomic E-state index is 0.0165. The molecule has 4 atom stereocenters. The lowest BCUT2D eigenvalue weighted by atomic mass is 9.95. The SMILES string of the molecule is CC[C@H]1C[C@@H](Nc2ncncc2C(=O)c2ccn(Cc3cccc(Br)c3)n2)[C@@H](F)[C@@H]1C. The lowest BCUT2D eigenvalue weighted by Gasteiger charge is -2.18. The Balaban J connectivity index is 1.52. The second kappa shape index (κ2) is 9.26. The van der Waals surface area contributed by atoms with Gasteiger partial charge in [0.25, 0.3) is 0 Å². The van der Waals surface area contributed by atoms with Gasteiger partial charge in [0.15, 0.2) is 0 Å². The molecule has 0 bridgehead atoms. The van der Waals surface area contributed by atoms with Crippen molar-refractivity contribution >= 4 is 27.5 Å². The third-order valence-corrected chi connectivity index (χ3v) is 6.59. The molecule has 31 heavy (non-hydrogen) atoms. The Morgan fingerprint density at radius 2 is 2.19 bits per heavy atom. The molecular weight excluding hydrogens is 461 g/mol. The number of ketones is 1. The van der Waals surface area contributed by atoms with Gasteiger partial charge in [0, 0.05) is 16.9 Å². The van der Waals surface area contributed by atoms with E-state index in [2.05, 4.69) is 43.2 Å². The fraction of sp³-hybridized carbons (Fsp3) is 0.391. The second-order valence-electron chi connectivity index (χ2n) is 8.10. The van der Waals surface area contributed by atoms with E-state index in [9.17, 15) is 9.18 Å². The van der Waals surface area contributed by atoms with E-state index in [4.69, 9.17) is 0 Å². The van der Waals surface area contributed by atoms with E-state index in [1.165, 1.54) is 12.5 Å². The molecule has 0 amide bonds. The molecule has 6 nitrogen and oxygen atoms in total. The van der Waals surface area contributed by atoms with E-state index in [1.54, 1.807) is 16.9 Å². The molecule has 2 heterocycles. The number of anilines is 1. The highest BCUT2D eigenvalue weighted by molar-refractivity contribution is 9.10. The van der Waals surface area contributed by atoms with Gasteiger partial charge in [-0.05, 0) is 42.0 Å². The average molecular weight is 486 g/mol. The number of nitrogens with zero attached hydrogens (tertiary/aromatic N) is 4. The zero-order valence-corrected chi connectivity index (χ0v) is 19.1. The normalized spacial score (nSPS) is 23.1. The third kappa shape index (κ3) is 4.69. The fourth-order valence-corrected chi connectivity index (χ4v) is 4.74. The van der Waals surface area contributed by atoms with E-state index < -0.39 is 6.17 Å². The Morgan fingerprint density at radius 1 is 1.35 bits per heavy atom. The maximum absolute atomic E-state index is 14.8. The zero-order chi connectivity index (χ0) is 22.0. The Hall–Kier alpha value is -2.61. The molecule has 8 heteroatoms. The lowest BCUT2D eigenvalue weighted by Crippen LogP contribution is -2.29. The van der Waals surface area contributed by atoms with Crippen LogP contribution in [0.5, 0.6) is 0 Å². The van der Waals surface area contributed by atoms with Gasteiger partial charge in [-0.15, -0.1) is 0 Å². The van der Waals surface area contributed by atoms with Gasteiger partial charge in [-0.3, -0.25) is 9.48 Å². The number of hydrogen-bond donors (Lipinski definition) is 1. The molecule has 0 spiro atoms. The molecular formula is C23H25BrFN5O. The first-order valence-corrected chi connectivity index (χ1v) is 11.3. The van der Waals surface area contributed by atoms with Gasteiger partial charge in [0.05, 0.1) is 18.2 Å². The van der Waals surface area contributed by atoms with Crippen LogP contribution in [-0.4, -0.2) is 37.7 Å². The number of rotatable bonds is 7. The molecule has 1 saturated carbocycles. The fourth-order valence-electron chi connectivity index (χ4n) is 4.29. The summed E-state index contributed by atoms with van der Waals surface area (Å²) in [5.74, 6) is 0.377. The Kier molecular flexibility index (Phi) is 6.46. The number of hydrogen-bond acceptors (Lipinski definition) is 5. The molecule has 1 aliphatic carbocycles. The number of alkyl halides is 1.